The van der Waals surface area contributed by atoms with E-state index in [-0.39, 0.29) is 29.3 Å². The predicted octanol–water partition coefficient (Wildman–Crippen LogP) is 4.82. The topological polar surface area (TPSA) is 67.2 Å². The Morgan fingerprint density at radius 2 is 1.73 bits per heavy atom. The molecular weight excluding hydrogens is 443 g/mol. The Hall–Kier alpha value is -3.19. The van der Waals surface area contributed by atoms with E-state index in [1.165, 1.54) is 12.1 Å². The molecule has 33 heavy (non-hydrogen) atoms. The van der Waals surface area contributed by atoms with Gasteiger partial charge in [-0.05, 0) is 55.2 Å². The molecule has 0 aliphatic carbocycles. The number of aromatic nitrogens is 2. The van der Waals surface area contributed by atoms with E-state index in [9.17, 15) is 14.0 Å². The Bertz CT molecular complexity index is 1150. The summed E-state index contributed by atoms with van der Waals surface area (Å²) >= 11 is 6.00. The third kappa shape index (κ3) is 4.93. The van der Waals surface area contributed by atoms with Crippen molar-refractivity contribution < 1.29 is 14.0 Å². The van der Waals surface area contributed by atoms with Gasteiger partial charge in [0.1, 0.15) is 5.82 Å². The van der Waals surface area contributed by atoms with Gasteiger partial charge in [0.25, 0.3) is 11.8 Å². The van der Waals surface area contributed by atoms with Crippen LogP contribution in [0.3, 0.4) is 0 Å². The minimum absolute atomic E-state index is 0.0685. The van der Waals surface area contributed by atoms with Crippen molar-refractivity contribution in [3.05, 3.63) is 82.4 Å². The summed E-state index contributed by atoms with van der Waals surface area (Å²) in [4.78, 5) is 27.4. The van der Waals surface area contributed by atoms with Gasteiger partial charge in [-0.3, -0.25) is 9.59 Å². The number of hydrogen-bond acceptors (Lipinski definition) is 3. The van der Waals surface area contributed by atoms with Gasteiger partial charge in [0, 0.05) is 24.2 Å². The average Bonchev–Trinajstić information content (AvgIpc) is 3.26. The lowest BCUT2D eigenvalue weighted by atomic mass is 10.0. The summed E-state index contributed by atoms with van der Waals surface area (Å²) in [6.45, 7) is 4.96. The van der Waals surface area contributed by atoms with Gasteiger partial charge in [0.05, 0.1) is 28.7 Å². The molecule has 3 aromatic rings. The number of carbonyl (C=O) groups excluding carboxylic acids is 2. The number of halogens is 2. The third-order valence-corrected chi connectivity index (χ3v) is 6.14. The van der Waals surface area contributed by atoms with Gasteiger partial charge in [0.15, 0.2) is 0 Å². The smallest absolute Gasteiger partial charge is 0.256 e. The average molecular weight is 469 g/mol. The Labute approximate surface area is 197 Å². The standard InChI is InChI=1S/C25H26ClFN4O2/c1-16(2)23-21(15-28-31(23)19-9-7-17(26)8-10-19)24(32)29-18-11-13-30(14-12-18)25(33)20-5-3-4-6-22(20)27/h3-10,15-16,18H,11-14H2,1-2H3,(H,29,32). The van der Waals surface area contributed by atoms with E-state index in [0.29, 0.717) is 36.5 Å². The van der Waals surface area contributed by atoms with Crippen molar-refractivity contribution in [3.8, 4) is 5.69 Å². The molecule has 1 fully saturated rings. The molecule has 1 aromatic heterocycles. The lowest BCUT2D eigenvalue weighted by Crippen LogP contribution is -2.46. The number of likely N-dealkylation sites (tertiary alicyclic amines) is 1. The predicted molar refractivity (Wildman–Crippen MR) is 125 cm³/mol. The van der Waals surface area contributed by atoms with Crippen LogP contribution in [0.15, 0.2) is 54.7 Å². The Morgan fingerprint density at radius 1 is 1.06 bits per heavy atom. The van der Waals surface area contributed by atoms with Crippen LogP contribution in [0.1, 0.15) is 59.0 Å². The highest BCUT2D eigenvalue weighted by Gasteiger charge is 2.28. The van der Waals surface area contributed by atoms with Gasteiger partial charge in [-0.1, -0.05) is 37.6 Å². The van der Waals surface area contributed by atoms with Crippen molar-refractivity contribution in [2.24, 2.45) is 0 Å². The van der Waals surface area contributed by atoms with E-state index in [0.717, 1.165) is 11.4 Å². The molecule has 1 saturated heterocycles. The molecule has 2 heterocycles. The number of nitrogens with zero attached hydrogens (tertiary/aromatic N) is 3. The summed E-state index contributed by atoms with van der Waals surface area (Å²) in [6.07, 6.45) is 2.80. The molecule has 0 atom stereocenters. The number of benzene rings is 2. The molecule has 0 saturated carbocycles. The highest BCUT2D eigenvalue weighted by Crippen LogP contribution is 2.25. The summed E-state index contributed by atoms with van der Waals surface area (Å²) in [6, 6.07) is 13.2. The molecule has 172 valence electrons. The first-order valence-corrected chi connectivity index (χ1v) is 11.4. The fourth-order valence-electron chi connectivity index (χ4n) is 4.17. The zero-order valence-corrected chi connectivity index (χ0v) is 19.3. The molecule has 1 aliphatic heterocycles. The van der Waals surface area contributed by atoms with Crippen molar-refractivity contribution in [1.29, 1.82) is 0 Å². The third-order valence-electron chi connectivity index (χ3n) is 5.89. The number of rotatable bonds is 5. The first-order valence-electron chi connectivity index (χ1n) is 11.0. The second-order valence-corrected chi connectivity index (χ2v) is 8.94. The molecule has 2 aromatic carbocycles. The normalized spacial score (nSPS) is 14.5. The summed E-state index contributed by atoms with van der Waals surface area (Å²) < 4.78 is 15.7. The number of nitrogens with one attached hydrogen (secondary N) is 1. The number of carbonyl (C=O) groups is 2. The Balaban J connectivity index is 1.43. The van der Waals surface area contributed by atoms with Crippen LogP contribution in [0, 0.1) is 5.82 Å². The maximum absolute atomic E-state index is 14.0. The maximum atomic E-state index is 14.0. The minimum atomic E-state index is -0.517. The van der Waals surface area contributed by atoms with Gasteiger partial charge >= 0.3 is 0 Å². The van der Waals surface area contributed by atoms with Crippen LogP contribution < -0.4 is 5.32 Å². The maximum Gasteiger partial charge on any atom is 0.256 e. The van der Waals surface area contributed by atoms with Crippen molar-refractivity contribution >= 4 is 23.4 Å². The van der Waals surface area contributed by atoms with E-state index in [2.05, 4.69) is 10.4 Å². The number of piperidine rings is 1. The lowest BCUT2D eigenvalue weighted by molar-refractivity contribution is 0.0693. The molecule has 2 amide bonds. The van der Waals surface area contributed by atoms with Crippen LogP contribution >= 0.6 is 11.6 Å². The van der Waals surface area contributed by atoms with E-state index in [1.807, 2.05) is 26.0 Å². The molecule has 4 rings (SSSR count). The van der Waals surface area contributed by atoms with Crippen LogP contribution in [0.25, 0.3) is 5.69 Å². The summed E-state index contributed by atoms with van der Waals surface area (Å²) in [5.74, 6) is -0.942. The SMILES string of the molecule is CC(C)c1c(C(=O)NC2CCN(C(=O)c3ccccc3F)CC2)cnn1-c1ccc(Cl)cc1. The first-order chi connectivity index (χ1) is 15.8. The molecule has 0 spiro atoms. The summed E-state index contributed by atoms with van der Waals surface area (Å²) in [5, 5.41) is 8.18. The van der Waals surface area contributed by atoms with Crippen molar-refractivity contribution in [2.75, 3.05) is 13.1 Å². The van der Waals surface area contributed by atoms with Gasteiger partial charge in [-0.15, -0.1) is 0 Å². The highest BCUT2D eigenvalue weighted by molar-refractivity contribution is 6.30. The molecule has 1 aliphatic rings. The molecule has 8 heteroatoms. The van der Waals surface area contributed by atoms with Crippen molar-refractivity contribution in [2.45, 2.75) is 38.6 Å². The summed E-state index contributed by atoms with van der Waals surface area (Å²) in [7, 11) is 0. The van der Waals surface area contributed by atoms with E-state index >= 15 is 0 Å². The Kier molecular flexibility index (Phi) is 6.79. The molecular formula is C25H26ClFN4O2. The molecule has 0 radical (unpaired) electrons. The lowest BCUT2D eigenvalue weighted by Gasteiger charge is -2.32. The fourth-order valence-corrected chi connectivity index (χ4v) is 4.30. The molecule has 0 unspecified atom stereocenters. The largest absolute Gasteiger partial charge is 0.349 e. The number of amides is 2. The van der Waals surface area contributed by atoms with Crippen LogP contribution in [0.5, 0.6) is 0 Å². The molecule has 1 N–H and O–H groups in total. The zero-order chi connectivity index (χ0) is 23.5. The van der Waals surface area contributed by atoms with Crippen LogP contribution in [0.4, 0.5) is 4.39 Å². The highest BCUT2D eigenvalue weighted by atomic mass is 35.5. The van der Waals surface area contributed by atoms with Gasteiger partial charge in [-0.25, -0.2) is 9.07 Å². The van der Waals surface area contributed by atoms with Crippen molar-refractivity contribution in [1.82, 2.24) is 20.0 Å². The fraction of sp³-hybridized carbons (Fsp3) is 0.320. The van der Waals surface area contributed by atoms with Gasteiger partial charge in [-0.2, -0.15) is 5.10 Å². The molecule has 6 nitrogen and oxygen atoms in total. The monoisotopic (exact) mass is 468 g/mol. The second kappa shape index (κ2) is 9.75. The van der Waals surface area contributed by atoms with Crippen LogP contribution in [-0.2, 0) is 0 Å². The Morgan fingerprint density at radius 3 is 2.36 bits per heavy atom. The van der Waals surface area contributed by atoms with E-state index < -0.39 is 5.82 Å². The van der Waals surface area contributed by atoms with Gasteiger partial charge < -0.3 is 10.2 Å². The number of hydrogen-bond donors (Lipinski definition) is 1. The van der Waals surface area contributed by atoms with Crippen LogP contribution in [0.2, 0.25) is 5.02 Å². The second-order valence-electron chi connectivity index (χ2n) is 8.51. The van der Waals surface area contributed by atoms with Crippen LogP contribution in [-0.4, -0.2) is 45.6 Å². The zero-order valence-electron chi connectivity index (χ0n) is 18.6. The minimum Gasteiger partial charge on any atom is -0.349 e. The first kappa shape index (κ1) is 23.0. The summed E-state index contributed by atoms with van der Waals surface area (Å²) in [5.41, 5.74) is 2.27. The quantitative estimate of drug-likeness (QED) is 0.583. The van der Waals surface area contributed by atoms with E-state index in [4.69, 9.17) is 11.6 Å². The van der Waals surface area contributed by atoms with Gasteiger partial charge in [0.2, 0.25) is 0 Å². The molecule has 0 bridgehead atoms. The van der Waals surface area contributed by atoms with Crippen molar-refractivity contribution in [3.63, 3.8) is 0 Å². The van der Waals surface area contributed by atoms with E-state index in [1.54, 1.807) is 40.0 Å².